The van der Waals surface area contributed by atoms with Crippen LogP contribution in [0.3, 0.4) is 0 Å². The summed E-state index contributed by atoms with van der Waals surface area (Å²) in [7, 11) is -4.61. The van der Waals surface area contributed by atoms with Gasteiger partial charge in [0.1, 0.15) is 0 Å². The van der Waals surface area contributed by atoms with E-state index in [1.54, 1.807) is 0 Å². The summed E-state index contributed by atoms with van der Waals surface area (Å²) in [5, 5.41) is 0. The molecule has 5 nitrogen and oxygen atoms in total. The van der Waals surface area contributed by atoms with E-state index in [0.29, 0.717) is 0 Å². The third-order valence-corrected chi connectivity index (χ3v) is 0. The summed E-state index contributed by atoms with van der Waals surface area (Å²) in [4.78, 5) is 29.3. The zero-order valence-corrected chi connectivity index (χ0v) is 11.9. The summed E-state index contributed by atoms with van der Waals surface area (Å²) in [5.74, 6) is 0. The molecule has 0 saturated heterocycles. The van der Waals surface area contributed by atoms with Gasteiger partial charge in [0.2, 0.25) is 0 Å². The minimum Gasteiger partial charge on any atom is -1.00 e. The molecule has 0 unspecified atom stereocenters. The standard InChI is InChI=1S/Al.FH.Fe.K.Mg.H4O4Si.H2O.6H/c;;;;;1-5(2,3)4;;;;;;;/h;1H;;;;1-4H;1H2;;;;;;/q;;;+1;+2;;;;;;3*-1. The fraction of sp³-hybridized carbons (Fsp3) is 0. The van der Waals surface area contributed by atoms with Crippen molar-refractivity contribution >= 4 is 49.5 Å². The number of rotatable bonds is 0. The van der Waals surface area contributed by atoms with Gasteiger partial charge in [-0.3, -0.25) is 4.70 Å². The van der Waals surface area contributed by atoms with Gasteiger partial charge in [-0.25, -0.2) is 0 Å². The Bertz CT molecular complexity index is 52.4. The van der Waals surface area contributed by atoms with Gasteiger partial charge in [0, 0.05) is 17.1 Å². The first-order valence-electron chi connectivity index (χ1n) is 0.894. The molecule has 0 radical (unpaired) electrons. The molecule has 0 atom stereocenters. The van der Waals surface area contributed by atoms with Gasteiger partial charge in [-0.05, 0) is 0 Å². The molecule has 0 rings (SSSR count). The second kappa shape index (κ2) is 23.3. The first-order valence-corrected chi connectivity index (χ1v) is 2.68. The van der Waals surface area contributed by atoms with Crippen LogP contribution in [0.1, 0.15) is 4.28 Å². The molecule has 0 amide bonds. The van der Waals surface area contributed by atoms with Crippen LogP contribution in [0.25, 0.3) is 0 Å². The molecule has 0 aromatic carbocycles. The summed E-state index contributed by atoms with van der Waals surface area (Å²) in [6, 6.07) is 0. The normalized spacial score (nSPS) is 5.45. The van der Waals surface area contributed by atoms with E-state index in [1.165, 1.54) is 0 Å². The molecule has 0 fully saturated rings. The fourth-order valence-corrected chi connectivity index (χ4v) is 0. The molecule has 0 aliphatic heterocycles. The second-order valence-electron chi connectivity index (χ2n) is 0.600. The number of hydrogen-bond acceptors (Lipinski definition) is 4. The average molecular weight is 286 g/mol. The molecule has 0 spiro atoms. The molecule has 0 heterocycles. The Hall–Kier alpha value is 3.40. The second-order valence-corrected chi connectivity index (χ2v) is 1.80. The summed E-state index contributed by atoms with van der Waals surface area (Å²) < 4.78 is 0. The van der Waals surface area contributed by atoms with Crippen molar-refractivity contribution in [2.24, 2.45) is 0 Å². The average Bonchev–Trinajstić information content (AvgIpc) is 0.722. The Kier molecular flexibility index (Phi) is 100. The van der Waals surface area contributed by atoms with Crippen molar-refractivity contribution in [1.82, 2.24) is 0 Å². The molecule has 0 saturated carbocycles. The summed E-state index contributed by atoms with van der Waals surface area (Å²) in [6.07, 6.45) is 0. The Morgan fingerprint density at radius 2 is 1.00 bits per heavy atom. The van der Waals surface area contributed by atoms with Crippen LogP contribution in [0.4, 0.5) is 4.70 Å². The first-order chi connectivity index (χ1) is 2.00. The molecule has 0 bridgehead atoms. The number of hydrogen-bond donors (Lipinski definition) is 4. The number of halogens is 1. The van der Waals surface area contributed by atoms with E-state index >= 15 is 0 Å². The van der Waals surface area contributed by atoms with Gasteiger partial charge in [-0.2, -0.15) is 0 Å². The maximum Gasteiger partial charge on any atom is 2.00 e. The predicted molar refractivity (Wildman–Crippen MR) is 39.8 cm³/mol. The summed E-state index contributed by atoms with van der Waals surface area (Å²) >= 11 is 0. The monoisotopic (exact) mass is 286 g/mol. The molecule has 11 heavy (non-hydrogen) atoms. The van der Waals surface area contributed by atoms with Crippen LogP contribution in [0.5, 0.6) is 0 Å². The van der Waals surface area contributed by atoms with Crippen molar-refractivity contribution in [3.05, 3.63) is 0 Å². The molecule has 6 N–H and O–H groups in total. The van der Waals surface area contributed by atoms with E-state index in [0.717, 1.165) is 0 Å². The van der Waals surface area contributed by atoms with E-state index in [9.17, 15) is 0 Å². The molecule has 11 heteroatoms. The minimum absolute atomic E-state index is 0. The van der Waals surface area contributed by atoms with E-state index in [1.807, 2.05) is 0 Å². The van der Waals surface area contributed by atoms with Crippen LogP contribution in [-0.2, 0) is 17.1 Å². The van der Waals surface area contributed by atoms with Crippen LogP contribution in [-0.4, -0.2) is 74.1 Å². The van der Waals surface area contributed by atoms with E-state index in [4.69, 9.17) is 19.2 Å². The third-order valence-electron chi connectivity index (χ3n) is 0. The van der Waals surface area contributed by atoms with E-state index in [-0.39, 0.29) is 123 Å². The molecule has 68 valence electrons. The van der Waals surface area contributed by atoms with Gasteiger partial charge < -0.3 is 28.9 Å². The SMILES string of the molecule is F.O.O[Si](O)(O)O.[AlH3].[Fe].[H-].[H-].[H-].[K+].[Mg+2]. The molecule has 0 aliphatic rings. The largest absolute Gasteiger partial charge is 2.00 e. The first kappa shape index (κ1) is 47.2. The predicted octanol–water partition coefficient (Wildman–Crippen LogP) is -7.51. The molecule has 0 aromatic heterocycles. The topological polar surface area (TPSA) is 112 Å². The molecule has 0 aromatic rings. The van der Waals surface area contributed by atoms with Gasteiger partial charge in [-0.15, -0.1) is 0 Å². The molecule has 0 aliphatic carbocycles. The maximum atomic E-state index is 7.33. The Balaban J connectivity index is -0.00000000222. The van der Waals surface area contributed by atoms with Gasteiger partial charge in [0.05, 0.1) is 0 Å². The van der Waals surface area contributed by atoms with Crippen LogP contribution in [0.15, 0.2) is 0 Å². The van der Waals surface area contributed by atoms with Crippen molar-refractivity contribution < 1.29 is 102 Å². The van der Waals surface area contributed by atoms with Gasteiger partial charge >= 0.3 is 83.5 Å². The van der Waals surface area contributed by atoms with Crippen LogP contribution < -0.4 is 51.4 Å². The molecular weight excluding hydrogens is 273 g/mol. The minimum atomic E-state index is -4.61. The van der Waals surface area contributed by atoms with Crippen molar-refractivity contribution in [2.75, 3.05) is 0 Å². The van der Waals surface area contributed by atoms with Crippen molar-refractivity contribution in [2.45, 2.75) is 0 Å². The van der Waals surface area contributed by atoms with Gasteiger partial charge in [0.25, 0.3) is 0 Å². The van der Waals surface area contributed by atoms with Crippen LogP contribution >= 0.6 is 0 Å². The third kappa shape index (κ3) is 151. The van der Waals surface area contributed by atoms with Crippen molar-refractivity contribution in [1.29, 1.82) is 0 Å². The van der Waals surface area contributed by atoms with Crippen molar-refractivity contribution in [3.8, 4) is 0 Å². The zero-order chi connectivity index (χ0) is 4.50. The van der Waals surface area contributed by atoms with Crippen molar-refractivity contribution in [3.63, 3.8) is 0 Å². The van der Waals surface area contributed by atoms with Crippen LogP contribution in [0, 0.1) is 0 Å². The van der Waals surface area contributed by atoms with Crippen LogP contribution in [0.2, 0.25) is 0 Å². The summed E-state index contributed by atoms with van der Waals surface area (Å²) in [6.45, 7) is 0. The van der Waals surface area contributed by atoms with Gasteiger partial charge in [0.15, 0.2) is 17.4 Å². The Morgan fingerprint density at radius 3 is 1.00 bits per heavy atom. The smallest absolute Gasteiger partial charge is 1.00 e. The van der Waals surface area contributed by atoms with E-state index < -0.39 is 9.05 Å². The summed E-state index contributed by atoms with van der Waals surface area (Å²) in [5.41, 5.74) is 0. The quantitative estimate of drug-likeness (QED) is 0.331. The van der Waals surface area contributed by atoms with Gasteiger partial charge in [-0.1, -0.05) is 0 Å². The fourth-order valence-electron chi connectivity index (χ4n) is 0. The Morgan fingerprint density at radius 1 is 1.00 bits per heavy atom. The molecular formula is H13AlFFeKMgO5Si. The Labute approximate surface area is 149 Å². The zero-order valence-electron chi connectivity index (χ0n) is 8.26. The maximum absolute atomic E-state index is 7.33. The van der Waals surface area contributed by atoms with E-state index in [2.05, 4.69) is 0 Å².